The van der Waals surface area contributed by atoms with E-state index in [9.17, 15) is 13.2 Å². The first-order valence-corrected chi connectivity index (χ1v) is 14.9. The number of carbonyl (C=O) groups is 1. The molecule has 1 atom stereocenters. The highest BCUT2D eigenvalue weighted by molar-refractivity contribution is 7.89. The highest BCUT2D eigenvalue weighted by Crippen LogP contribution is 2.33. The predicted molar refractivity (Wildman–Crippen MR) is 157 cm³/mol. The molecule has 3 aromatic carbocycles. The van der Waals surface area contributed by atoms with Crippen LogP contribution in [0.3, 0.4) is 0 Å². The lowest BCUT2D eigenvalue weighted by molar-refractivity contribution is -0.116. The second-order valence-corrected chi connectivity index (χ2v) is 11.4. The Labute approximate surface area is 232 Å². The first-order valence-electron chi connectivity index (χ1n) is 13.5. The van der Waals surface area contributed by atoms with Gasteiger partial charge in [-0.05, 0) is 49.2 Å². The van der Waals surface area contributed by atoms with Crippen LogP contribution in [-0.2, 0) is 14.8 Å². The summed E-state index contributed by atoms with van der Waals surface area (Å²) in [5, 5.41) is 2.87. The van der Waals surface area contributed by atoms with Crippen molar-refractivity contribution < 1.29 is 17.9 Å². The Morgan fingerprint density at radius 2 is 1.56 bits per heavy atom. The molecule has 1 aliphatic rings. The summed E-state index contributed by atoms with van der Waals surface area (Å²) in [4.78, 5) is 16.9. The summed E-state index contributed by atoms with van der Waals surface area (Å²) < 4.78 is 35.9. The zero-order valence-corrected chi connectivity index (χ0v) is 23.7. The molecule has 0 radical (unpaired) electrons. The van der Waals surface area contributed by atoms with Gasteiger partial charge in [0.15, 0.2) is 0 Å². The van der Waals surface area contributed by atoms with Crippen molar-refractivity contribution in [1.29, 1.82) is 0 Å². The monoisotopic (exact) mass is 550 g/mol. The summed E-state index contributed by atoms with van der Waals surface area (Å²) in [5.74, 6) is 0.695. The summed E-state index contributed by atoms with van der Waals surface area (Å²) in [7, 11) is -2.25. The average Bonchev–Trinajstić information content (AvgIpc) is 2.96. The van der Waals surface area contributed by atoms with Crippen LogP contribution in [0.4, 0.5) is 17.1 Å². The van der Waals surface area contributed by atoms with E-state index in [4.69, 9.17) is 4.74 Å². The summed E-state index contributed by atoms with van der Waals surface area (Å²) >= 11 is 0. The van der Waals surface area contributed by atoms with E-state index >= 15 is 0 Å². The van der Waals surface area contributed by atoms with Gasteiger partial charge >= 0.3 is 0 Å². The highest BCUT2D eigenvalue weighted by atomic mass is 32.2. The zero-order valence-electron chi connectivity index (χ0n) is 22.9. The van der Waals surface area contributed by atoms with E-state index in [0.717, 1.165) is 29.8 Å². The lowest BCUT2D eigenvalue weighted by Gasteiger charge is -2.38. The standard InChI is InChI=1S/C30H38N4O4S/c1-4-5-15-30(35)31-25-16-17-27(29(22-25)39(36,37)32-23(2)24-11-7-6-8-12-24)34-20-18-33(19-21-34)26-13-9-10-14-28(26)38-3/h6-14,16-17,22-23,32H,4-5,15,18-21H2,1-3H3,(H,31,35)/t23-/m1/s1. The number of rotatable bonds is 11. The number of unbranched alkanes of at least 4 members (excludes halogenated alkanes) is 1. The van der Waals surface area contributed by atoms with E-state index in [1.807, 2.05) is 68.4 Å². The Hall–Kier alpha value is -3.56. The van der Waals surface area contributed by atoms with Gasteiger partial charge in [0.05, 0.1) is 18.5 Å². The van der Waals surface area contributed by atoms with Crippen LogP contribution in [0.1, 0.15) is 44.7 Å². The number of hydrogen-bond donors (Lipinski definition) is 2. The zero-order chi connectivity index (χ0) is 27.8. The van der Waals surface area contributed by atoms with E-state index in [1.165, 1.54) is 0 Å². The quantitative estimate of drug-likeness (QED) is 0.342. The molecule has 0 saturated carbocycles. The fourth-order valence-corrected chi connectivity index (χ4v) is 6.30. The molecule has 9 heteroatoms. The molecule has 1 fully saturated rings. The van der Waals surface area contributed by atoms with Crippen molar-refractivity contribution in [1.82, 2.24) is 4.72 Å². The fourth-order valence-electron chi connectivity index (χ4n) is 4.81. The molecule has 8 nitrogen and oxygen atoms in total. The molecule has 0 bridgehead atoms. The molecule has 1 saturated heterocycles. The third-order valence-electron chi connectivity index (χ3n) is 6.97. The second-order valence-electron chi connectivity index (χ2n) is 9.73. The molecule has 2 N–H and O–H groups in total. The van der Waals surface area contributed by atoms with Crippen LogP contribution < -0.4 is 24.6 Å². The summed E-state index contributed by atoms with van der Waals surface area (Å²) in [6, 6.07) is 22.1. The van der Waals surface area contributed by atoms with Gasteiger partial charge in [0.1, 0.15) is 10.6 Å². The first kappa shape index (κ1) is 28.4. The molecule has 0 aromatic heterocycles. The molecular formula is C30H38N4O4S. The van der Waals surface area contributed by atoms with Gasteiger partial charge in [-0.1, -0.05) is 55.8 Å². The van der Waals surface area contributed by atoms with Gasteiger partial charge in [-0.25, -0.2) is 13.1 Å². The number of anilines is 3. The topological polar surface area (TPSA) is 91.0 Å². The Bertz CT molecular complexity index is 1360. The smallest absolute Gasteiger partial charge is 0.243 e. The minimum absolute atomic E-state index is 0.121. The van der Waals surface area contributed by atoms with Crippen molar-refractivity contribution in [3.63, 3.8) is 0 Å². The third kappa shape index (κ3) is 7.10. The van der Waals surface area contributed by atoms with Gasteiger partial charge in [0, 0.05) is 44.3 Å². The number of amides is 1. The van der Waals surface area contributed by atoms with Gasteiger partial charge < -0.3 is 19.9 Å². The lowest BCUT2D eigenvalue weighted by atomic mass is 10.1. The van der Waals surface area contributed by atoms with Crippen molar-refractivity contribution in [3.8, 4) is 5.75 Å². The molecule has 208 valence electrons. The molecule has 0 unspecified atom stereocenters. The molecule has 3 aromatic rings. The number of sulfonamides is 1. The highest BCUT2D eigenvalue weighted by Gasteiger charge is 2.28. The largest absolute Gasteiger partial charge is 0.495 e. The van der Waals surface area contributed by atoms with Crippen LogP contribution in [0, 0.1) is 0 Å². The van der Waals surface area contributed by atoms with Gasteiger partial charge in [0.25, 0.3) is 0 Å². The van der Waals surface area contributed by atoms with Crippen LogP contribution in [0.2, 0.25) is 0 Å². The van der Waals surface area contributed by atoms with E-state index in [0.29, 0.717) is 44.0 Å². The lowest BCUT2D eigenvalue weighted by Crippen LogP contribution is -2.47. The Morgan fingerprint density at radius 1 is 0.923 bits per heavy atom. The van der Waals surface area contributed by atoms with Crippen LogP contribution in [-0.4, -0.2) is 47.6 Å². The molecule has 0 spiro atoms. The molecule has 4 rings (SSSR count). The summed E-state index contributed by atoms with van der Waals surface area (Å²) in [5.41, 5.74) is 2.99. The second kappa shape index (κ2) is 13.0. The van der Waals surface area contributed by atoms with E-state index in [1.54, 1.807) is 25.3 Å². The maximum atomic E-state index is 13.8. The minimum Gasteiger partial charge on any atom is -0.495 e. The van der Waals surface area contributed by atoms with Gasteiger partial charge in [0.2, 0.25) is 15.9 Å². The van der Waals surface area contributed by atoms with Crippen molar-refractivity contribution in [2.45, 2.75) is 44.0 Å². The van der Waals surface area contributed by atoms with Crippen LogP contribution in [0.5, 0.6) is 5.75 Å². The number of benzene rings is 3. The number of nitrogens with zero attached hydrogens (tertiary/aromatic N) is 2. The number of hydrogen-bond acceptors (Lipinski definition) is 6. The number of methoxy groups -OCH3 is 1. The maximum absolute atomic E-state index is 13.8. The molecular weight excluding hydrogens is 512 g/mol. The van der Waals surface area contributed by atoms with Crippen LogP contribution in [0.15, 0.2) is 77.7 Å². The number of nitrogens with one attached hydrogen (secondary N) is 2. The number of ether oxygens (including phenoxy) is 1. The number of piperazine rings is 1. The van der Waals surface area contributed by atoms with Gasteiger partial charge in [-0.15, -0.1) is 0 Å². The van der Waals surface area contributed by atoms with E-state index < -0.39 is 16.1 Å². The molecule has 0 aliphatic carbocycles. The summed E-state index contributed by atoms with van der Waals surface area (Å²) in [6.45, 7) is 6.55. The first-order chi connectivity index (χ1) is 18.8. The number of para-hydroxylation sites is 2. The Morgan fingerprint density at radius 3 is 2.23 bits per heavy atom. The van der Waals surface area contributed by atoms with Crippen LogP contribution in [0.25, 0.3) is 0 Å². The normalized spacial score (nSPS) is 14.6. The van der Waals surface area contributed by atoms with Gasteiger partial charge in [-0.2, -0.15) is 0 Å². The van der Waals surface area contributed by atoms with E-state index in [-0.39, 0.29) is 10.8 Å². The predicted octanol–water partition coefficient (Wildman–Crippen LogP) is 5.19. The Kier molecular flexibility index (Phi) is 9.48. The van der Waals surface area contributed by atoms with Crippen molar-refractivity contribution in [2.75, 3.05) is 48.4 Å². The SMILES string of the molecule is CCCCC(=O)Nc1ccc(N2CCN(c3ccccc3OC)CC2)c(S(=O)(=O)N[C@H](C)c2ccccc2)c1. The molecule has 1 aliphatic heterocycles. The van der Waals surface area contributed by atoms with Crippen molar-refractivity contribution >= 4 is 33.0 Å². The molecule has 1 amide bonds. The molecule has 39 heavy (non-hydrogen) atoms. The maximum Gasteiger partial charge on any atom is 0.243 e. The third-order valence-corrected chi connectivity index (χ3v) is 8.54. The average molecular weight is 551 g/mol. The summed E-state index contributed by atoms with van der Waals surface area (Å²) in [6.07, 6.45) is 2.09. The fraction of sp³-hybridized carbons (Fsp3) is 0.367. The molecule has 1 heterocycles. The Balaban J connectivity index is 1.60. The van der Waals surface area contributed by atoms with Crippen molar-refractivity contribution in [2.24, 2.45) is 0 Å². The van der Waals surface area contributed by atoms with E-state index in [2.05, 4.69) is 19.8 Å². The van der Waals surface area contributed by atoms with Crippen LogP contribution >= 0.6 is 0 Å². The number of carbonyl (C=O) groups excluding carboxylic acids is 1. The van der Waals surface area contributed by atoms with Gasteiger partial charge in [-0.3, -0.25) is 4.79 Å². The van der Waals surface area contributed by atoms with Crippen molar-refractivity contribution in [3.05, 3.63) is 78.4 Å². The minimum atomic E-state index is -3.92.